The maximum absolute atomic E-state index is 10.5. The van der Waals surface area contributed by atoms with Gasteiger partial charge in [0.25, 0.3) is 0 Å². The van der Waals surface area contributed by atoms with Crippen LogP contribution in [-0.4, -0.2) is 19.1 Å². The Bertz CT molecular complexity index is 471. The fraction of sp³-hybridized carbons (Fsp3) is 0.611. The van der Waals surface area contributed by atoms with E-state index in [2.05, 4.69) is 49.9 Å². The minimum absolute atomic E-state index is 0. The van der Waals surface area contributed by atoms with Gasteiger partial charge >= 0.3 is 18.9 Å². The fourth-order valence-electron chi connectivity index (χ4n) is 2.97. The zero-order chi connectivity index (χ0) is 15.5. The standard InChI is InChI=1S/C18H27NO2.Li/c1-18(2,3)15-5-7-16(8-6-15)19-12-10-14(11-13-19)4-9-17(20)21;/h5-8,14H,4,9-13H2,1-3H3,(H,20,21);/q;+1/p-1. The first kappa shape index (κ1) is 19.1. The van der Waals surface area contributed by atoms with Gasteiger partial charge in [-0.1, -0.05) is 32.9 Å². The van der Waals surface area contributed by atoms with Gasteiger partial charge in [-0.2, -0.15) is 0 Å². The van der Waals surface area contributed by atoms with E-state index in [4.69, 9.17) is 0 Å². The second kappa shape index (κ2) is 8.08. The smallest absolute Gasteiger partial charge is 0.550 e. The van der Waals surface area contributed by atoms with Crippen LogP contribution < -0.4 is 28.9 Å². The molecule has 0 bridgehead atoms. The molecule has 0 amide bonds. The Labute approximate surface area is 146 Å². The molecule has 2 rings (SSSR count). The van der Waals surface area contributed by atoms with E-state index in [-0.39, 0.29) is 30.7 Å². The SMILES string of the molecule is CC(C)(C)c1ccc(N2CCC(CCC(=O)[O-])CC2)cc1.[Li+]. The van der Waals surface area contributed by atoms with Crippen LogP contribution in [0.2, 0.25) is 0 Å². The van der Waals surface area contributed by atoms with Crippen molar-refractivity contribution in [3.8, 4) is 0 Å². The summed E-state index contributed by atoms with van der Waals surface area (Å²) in [6.45, 7) is 8.72. The third-order valence-corrected chi connectivity index (χ3v) is 4.47. The van der Waals surface area contributed by atoms with Crippen molar-refractivity contribution in [1.82, 2.24) is 0 Å². The molecule has 0 spiro atoms. The van der Waals surface area contributed by atoms with Crippen molar-refractivity contribution in [2.75, 3.05) is 18.0 Å². The molecule has 1 saturated heterocycles. The number of carboxylic acid groups (broad SMARTS) is 1. The number of hydrogen-bond acceptors (Lipinski definition) is 3. The topological polar surface area (TPSA) is 43.4 Å². The predicted octanol–water partition coefficient (Wildman–Crippen LogP) is -0.265. The molecule has 1 heterocycles. The molecule has 3 nitrogen and oxygen atoms in total. The molecule has 0 aliphatic carbocycles. The molecule has 1 fully saturated rings. The van der Waals surface area contributed by atoms with Crippen molar-refractivity contribution in [3.05, 3.63) is 29.8 Å². The number of carboxylic acids is 1. The number of carbonyl (C=O) groups excluding carboxylic acids is 1. The van der Waals surface area contributed by atoms with Gasteiger partial charge in [0.15, 0.2) is 0 Å². The second-order valence-corrected chi connectivity index (χ2v) is 7.14. The number of piperidine rings is 1. The molecule has 0 radical (unpaired) electrons. The third-order valence-electron chi connectivity index (χ3n) is 4.47. The van der Waals surface area contributed by atoms with Gasteiger partial charge in [0, 0.05) is 24.7 Å². The molecule has 0 atom stereocenters. The first-order valence-corrected chi connectivity index (χ1v) is 7.91. The van der Waals surface area contributed by atoms with E-state index in [9.17, 15) is 9.90 Å². The van der Waals surface area contributed by atoms with Gasteiger partial charge in [-0.15, -0.1) is 0 Å². The molecular formula is C18H26LiNO2. The van der Waals surface area contributed by atoms with Crippen molar-refractivity contribution < 1.29 is 28.8 Å². The summed E-state index contributed by atoms with van der Waals surface area (Å²) in [7, 11) is 0. The predicted molar refractivity (Wildman–Crippen MR) is 84.3 cm³/mol. The van der Waals surface area contributed by atoms with E-state index in [0.717, 1.165) is 32.4 Å². The van der Waals surface area contributed by atoms with Crippen molar-refractivity contribution in [2.45, 2.75) is 51.9 Å². The van der Waals surface area contributed by atoms with E-state index in [1.165, 1.54) is 11.3 Å². The number of rotatable bonds is 4. The molecule has 0 N–H and O–H groups in total. The van der Waals surface area contributed by atoms with Crippen LogP contribution in [0.1, 0.15) is 52.0 Å². The van der Waals surface area contributed by atoms with Gasteiger partial charge in [-0.3, -0.25) is 0 Å². The third kappa shape index (κ3) is 5.37. The van der Waals surface area contributed by atoms with Crippen LogP contribution in [0, 0.1) is 5.92 Å². The van der Waals surface area contributed by atoms with E-state index in [1.54, 1.807) is 0 Å². The summed E-state index contributed by atoms with van der Waals surface area (Å²) >= 11 is 0. The maximum Gasteiger partial charge on any atom is 1.00 e. The Morgan fingerprint density at radius 2 is 1.73 bits per heavy atom. The number of nitrogens with zero attached hydrogens (tertiary/aromatic N) is 1. The normalized spacial score (nSPS) is 16.2. The van der Waals surface area contributed by atoms with Crippen LogP contribution in [0.5, 0.6) is 0 Å². The van der Waals surface area contributed by atoms with Gasteiger partial charge < -0.3 is 14.8 Å². The molecular weight excluding hydrogens is 269 g/mol. The van der Waals surface area contributed by atoms with E-state index < -0.39 is 5.97 Å². The Morgan fingerprint density at radius 1 is 1.18 bits per heavy atom. The maximum atomic E-state index is 10.5. The molecule has 0 saturated carbocycles. The summed E-state index contributed by atoms with van der Waals surface area (Å²) in [5, 5.41) is 10.5. The summed E-state index contributed by atoms with van der Waals surface area (Å²) < 4.78 is 0. The largest absolute Gasteiger partial charge is 1.00 e. The molecule has 1 aliphatic rings. The van der Waals surface area contributed by atoms with Crippen LogP contribution >= 0.6 is 0 Å². The first-order valence-electron chi connectivity index (χ1n) is 7.91. The number of aliphatic carboxylic acids is 1. The van der Waals surface area contributed by atoms with Gasteiger partial charge in [0.05, 0.1) is 0 Å². The molecule has 1 aromatic carbocycles. The molecule has 0 unspecified atom stereocenters. The monoisotopic (exact) mass is 295 g/mol. The Balaban J connectivity index is 0.00000242. The van der Waals surface area contributed by atoms with Gasteiger partial charge in [-0.25, -0.2) is 0 Å². The molecule has 22 heavy (non-hydrogen) atoms. The zero-order valence-corrected chi connectivity index (χ0v) is 14.4. The zero-order valence-electron chi connectivity index (χ0n) is 14.4. The Morgan fingerprint density at radius 3 is 2.18 bits per heavy atom. The summed E-state index contributed by atoms with van der Waals surface area (Å²) in [5.74, 6) is -0.386. The first-order chi connectivity index (χ1) is 9.86. The Kier molecular flexibility index (Phi) is 7.03. The van der Waals surface area contributed by atoms with Gasteiger partial charge in [0.1, 0.15) is 0 Å². The number of hydrogen-bond donors (Lipinski definition) is 0. The van der Waals surface area contributed by atoms with Crippen LogP contribution in [0.3, 0.4) is 0 Å². The van der Waals surface area contributed by atoms with E-state index >= 15 is 0 Å². The number of anilines is 1. The van der Waals surface area contributed by atoms with Crippen LogP contribution in [0.4, 0.5) is 5.69 Å². The van der Waals surface area contributed by atoms with Crippen LogP contribution in [0.25, 0.3) is 0 Å². The number of carbonyl (C=O) groups is 1. The average Bonchev–Trinajstić information content (AvgIpc) is 2.45. The van der Waals surface area contributed by atoms with Crippen LogP contribution in [0.15, 0.2) is 24.3 Å². The molecule has 4 heteroatoms. The van der Waals surface area contributed by atoms with Crippen molar-refractivity contribution in [1.29, 1.82) is 0 Å². The summed E-state index contributed by atoms with van der Waals surface area (Å²) in [5.41, 5.74) is 2.83. The summed E-state index contributed by atoms with van der Waals surface area (Å²) in [6, 6.07) is 8.86. The average molecular weight is 295 g/mol. The van der Waals surface area contributed by atoms with E-state index in [1.807, 2.05) is 0 Å². The van der Waals surface area contributed by atoms with Crippen molar-refractivity contribution in [3.63, 3.8) is 0 Å². The molecule has 1 aliphatic heterocycles. The minimum Gasteiger partial charge on any atom is -0.550 e. The van der Waals surface area contributed by atoms with Gasteiger partial charge in [0.2, 0.25) is 0 Å². The van der Waals surface area contributed by atoms with Gasteiger partial charge in [-0.05, 0) is 54.7 Å². The minimum atomic E-state index is -0.921. The second-order valence-electron chi connectivity index (χ2n) is 7.14. The number of benzene rings is 1. The van der Waals surface area contributed by atoms with Crippen molar-refractivity contribution in [2.24, 2.45) is 5.92 Å². The van der Waals surface area contributed by atoms with Crippen LogP contribution in [-0.2, 0) is 10.2 Å². The molecule has 1 aromatic rings. The van der Waals surface area contributed by atoms with Crippen molar-refractivity contribution >= 4 is 11.7 Å². The fourth-order valence-corrected chi connectivity index (χ4v) is 2.97. The quantitative estimate of drug-likeness (QED) is 0.719. The summed E-state index contributed by atoms with van der Waals surface area (Å²) in [4.78, 5) is 12.9. The molecule has 0 aromatic heterocycles. The van der Waals surface area contributed by atoms with E-state index in [0.29, 0.717) is 5.92 Å². The molecule has 116 valence electrons. The summed E-state index contributed by atoms with van der Waals surface area (Å²) in [6.07, 6.45) is 3.12. The Hall–Kier alpha value is -0.913.